The maximum atomic E-state index is 3.54. The van der Waals surface area contributed by atoms with Crippen LogP contribution in [0.5, 0.6) is 0 Å². The lowest BCUT2D eigenvalue weighted by Gasteiger charge is -2.14. The van der Waals surface area contributed by atoms with Gasteiger partial charge in [-0.05, 0) is 47.6 Å². The van der Waals surface area contributed by atoms with Gasteiger partial charge in [-0.15, -0.1) is 0 Å². The van der Waals surface area contributed by atoms with Gasteiger partial charge in [-0.2, -0.15) is 0 Å². The molecular formula is C26H37. The second-order valence-corrected chi connectivity index (χ2v) is 7.51. The molecule has 0 bridgehead atoms. The van der Waals surface area contributed by atoms with Crippen LogP contribution < -0.4 is 0 Å². The monoisotopic (exact) mass is 349 g/mol. The van der Waals surface area contributed by atoms with Crippen LogP contribution in [0.2, 0.25) is 0 Å². The normalized spacial score (nSPS) is 11.0. The lowest BCUT2D eigenvalue weighted by Crippen LogP contribution is -1.96. The first-order valence-electron chi connectivity index (χ1n) is 10.9. The minimum absolute atomic E-state index is 1.09. The van der Waals surface area contributed by atoms with E-state index in [0.717, 1.165) is 12.8 Å². The topological polar surface area (TPSA) is 0 Å². The van der Waals surface area contributed by atoms with E-state index in [1.807, 2.05) is 0 Å². The minimum Gasteiger partial charge on any atom is -0.0654 e. The van der Waals surface area contributed by atoms with Crippen molar-refractivity contribution in [1.82, 2.24) is 0 Å². The molecule has 0 saturated heterocycles. The highest BCUT2D eigenvalue weighted by molar-refractivity contribution is 5.71. The van der Waals surface area contributed by atoms with Crippen LogP contribution in [-0.4, -0.2) is 0 Å². The Kier molecular flexibility index (Phi) is 10.2. The molecule has 0 aromatic heterocycles. The van der Waals surface area contributed by atoms with E-state index in [1.165, 1.54) is 86.5 Å². The number of benzene rings is 2. The Morgan fingerprint density at radius 2 is 1.31 bits per heavy atom. The summed E-state index contributed by atoms with van der Waals surface area (Å²) in [6, 6.07) is 18.8. The molecule has 0 atom stereocenters. The van der Waals surface area contributed by atoms with Gasteiger partial charge in [-0.1, -0.05) is 114 Å². The number of aryl methyl sites for hydroxylation is 2. The Labute approximate surface area is 162 Å². The average molecular weight is 350 g/mol. The zero-order valence-electron chi connectivity index (χ0n) is 17.0. The molecule has 2 aromatic carbocycles. The third kappa shape index (κ3) is 6.98. The summed E-state index contributed by atoms with van der Waals surface area (Å²) in [4.78, 5) is 0. The Hall–Kier alpha value is -1.56. The molecule has 1 radical (unpaired) electrons. The molecule has 0 spiro atoms. The summed E-state index contributed by atoms with van der Waals surface area (Å²) < 4.78 is 0. The predicted molar refractivity (Wildman–Crippen MR) is 116 cm³/mol. The summed E-state index contributed by atoms with van der Waals surface area (Å²) >= 11 is 0. The first-order chi connectivity index (χ1) is 12.9. The van der Waals surface area contributed by atoms with Crippen molar-refractivity contribution in [3.05, 3.63) is 59.7 Å². The second kappa shape index (κ2) is 12.7. The maximum Gasteiger partial charge on any atom is -0.0114 e. The standard InChI is InChI=1S/C26H37/c1-3-5-6-7-8-9-10-11-12-14-18-25-22-17-21-23(4-2)26(25)24-19-15-13-16-20-24/h13,15-17,19-21H,3-12,14,18H2,1-2H3. The molecule has 0 N–H and O–H groups in total. The molecule has 2 aromatic rings. The Morgan fingerprint density at radius 3 is 1.92 bits per heavy atom. The maximum absolute atomic E-state index is 3.54. The summed E-state index contributed by atoms with van der Waals surface area (Å²) in [7, 11) is 0. The van der Waals surface area contributed by atoms with Gasteiger partial charge in [-0.25, -0.2) is 0 Å². The largest absolute Gasteiger partial charge is 0.0654 e. The van der Waals surface area contributed by atoms with E-state index < -0.39 is 0 Å². The van der Waals surface area contributed by atoms with Crippen LogP contribution in [0.3, 0.4) is 0 Å². The highest BCUT2D eigenvalue weighted by atomic mass is 14.1. The molecule has 0 saturated carbocycles. The van der Waals surface area contributed by atoms with Gasteiger partial charge in [0.15, 0.2) is 0 Å². The van der Waals surface area contributed by atoms with Crippen molar-refractivity contribution in [2.45, 2.75) is 90.9 Å². The second-order valence-electron chi connectivity index (χ2n) is 7.51. The fourth-order valence-corrected chi connectivity index (χ4v) is 3.84. The molecule has 0 heteroatoms. The summed E-state index contributed by atoms with van der Waals surface area (Å²) in [6.07, 6.45) is 16.2. The van der Waals surface area contributed by atoms with E-state index in [9.17, 15) is 0 Å². The zero-order valence-corrected chi connectivity index (χ0v) is 17.0. The lowest BCUT2D eigenvalue weighted by atomic mass is 9.90. The van der Waals surface area contributed by atoms with E-state index in [2.05, 4.69) is 62.4 Å². The van der Waals surface area contributed by atoms with Crippen molar-refractivity contribution in [3.63, 3.8) is 0 Å². The fraction of sp³-hybridized carbons (Fsp3) is 0.538. The van der Waals surface area contributed by atoms with Crippen molar-refractivity contribution in [3.8, 4) is 11.1 Å². The molecule has 0 heterocycles. The first kappa shape index (κ1) is 20.7. The van der Waals surface area contributed by atoms with Crippen LogP contribution in [0.15, 0.2) is 42.5 Å². The molecule has 141 valence electrons. The molecule has 2 rings (SSSR count). The minimum atomic E-state index is 1.09. The van der Waals surface area contributed by atoms with Crippen molar-refractivity contribution in [2.75, 3.05) is 0 Å². The van der Waals surface area contributed by atoms with Gasteiger partial charge < -0.3 is 0 Å². The third-order valence-corrected chi connectivity index (χ3v) is 5.39. The van der Waals surface area contributed by atoms with Crippen molar-refractivity contribution < 1.29 is 0 Å². The summed E-state index contributed by atoms with van der Waals surface area (Å²) in [5, 5.41) is 0. The van der Waals surface area contributed by atoms with Gasteiger partial charge >= 0.3 is 0 Å². The molecule has 0 fully saturated rings. The highest BCUT2D eigenvalue weighted by Crippen LogP contribution is 2.29. The van der Waals surface area contributed by atoms with E-state index in [4.69, 9.17) is 0 Å². The van der Waals surface area contributed by atoms with Crippen LogP contribution in [0.4, 0.5) is 0 Å². The number of rotatable bonds is 13. The van der Waals surface area contributed by atoms with Gasteiger partial charge in [0.05, 0.1) is 0 Å². The summed E-state index contributed by atoms with van der Waals surface area (Å²) in [5.74, 6) is 0. The van der Waals surface area contributed by atoms with Gasteiger partial charge in [0.25, 0.3) is 0 Å². The zero-order chi connectivity index (χ0) is 18.5. The van der Waals surface area contributed by atoms with Gasteiger partial charge in [0.2, 0.25) is 0 Å². The quantitative estimate of drug-likeness (QED) is 0.320. The molecule has 0 aliphatic heterocycles. The fourth-order valence-electron chi connectivity index (χ4n) is 3.84. The van der Waals surface area contributed by atoms with Crippen molar-refractivity contribution in [1.29, 1.82) is 0 Å². The van der Waals surface area contributed by atoms with Crippen LogP contribution in [0.25, 0.3) is 11.1 Å². The lowest BCUT2D eigenvalue weighted by molar-refractivity contribution is 0.556. The predicted octanol–water partition coefficient (Wildman–Crippen LogP) is 8.18. The molecule has 0 unspecified atom stereocenters. The summed E-state index contributed by atoms with van der Waals surface area (Å²) in [6.45, 7) is 4.54. The Morgan fingerprint density at radius 1 is 0.692 bits per heavy atom. The Balaban J connectivity index is 1.78. The number of unbranched alkanes of at least 4 members (excludes halogenated alkanes) is 9. The van der Waals surface area contributed by atoms with E-state index in [1.54, 1.807) is 0 Å². The SMILES string of the molecule is CCCCCCCCCCCCc1[c]ccc(CC)c1-c1ccccc1. The Bertz CT molecular complexity index is 597. The van der Waals surface area contributed by atoms with Crippen molar-refractivity contribution in [2.24, 2.45) is 0 Å². The van der Waals surface area contributed by atoms with Crippen LogP contribution in [0, 0.1) is 6.07 Å². The first-order valence-corrected chi connectivity index (χ1v) is 10.9. The van der Waals surface area contributed by atoms with Crippen LogP contribution in [-0.2, 0) is 12.8 Å². The third-order valence-electron chi connectivity index (χ3n) is 5.39. The highest BCUT2D eigenvalue weighted by Gasteiger charge is 2.09. The van der Waals surface area contributed by atoms with Gasteiger partial charge in [0, 0.05) is 0 Å². The number of hydrogen-bond acceptors (Lipinski definition) is 0. The summed E-state index contributed by atoms with van der Waals surface area (Å²) in [5.41, 5.74) is 5.65. The van der Waals surface area contributed by atoms with E-state index in [-0.39, 0.29) is 0 Å². The van der Waals surface area contributed by atoms with Crippen LogP contribution in [0.1, 0.15) is 89.2 Å². The molecule has 0 aliphatic carbocycles. The molecule has 26 heavy (non-hydrogen) atoms. The van der Waals surface area contributed by atoms with Gasteiger partial charge in [0.1, 0.15) is 0 Å². The molecule has 0 amide bonds. The molecular weight excluding hydrogens is 312 g/mol. The van der Waals surface area contributed by atoms with Gasteiger partial charge in [-0.3, -0.25) is 0 Å². The van der Waals surface area contributed by atoms with Crippen LogP contribution >= 0.6 is 0 Å². The van der Waals surface area contributed by atoms with E-state index >= 15 is 0 Å². The van der Waals surface area contributed by atoms with E-state index in [0.29, 0.717) is 0 Å². The molecule has 0 aliphatic rings. The smallest absolute Gasteiger partial charge is 0.0114 e. The number of hydrogen-bond donors (Lipinski definition) is 0. The van der Waals surface area contributed by atoms with Crippen molar-refractivity contribution >= 4 is 0 Å². The average Bonchev–Trinajstić information content (AvgIpc) is 2.69. The molecule has 0 nitrogen and oxygen atoms in total.